The van der Waals surface area contributed by atoms with Crippen LogP contribution in [0.2, 0.25) is 0 Å². The van der Waals surface area contributed by atoms with Crippen molar-refractivity contribution in [2.24, 2.45) is 0 Å². The summed E-state index contributed by atoms with van der Waals surface area (Å²) in [7, 11) is 2.92. The number of aliphatic hydroxyl groups excluding tert-OH is 4. The number of hydrogen-bond donors (Lipinski definition) is 6. The number of imidazole rings is 1. The van der Waals surface area contributed by atoms with Crippen molar-refractivity contribution >= 4 is 28.7 Å². The molecule has 13 heteroatoms. The van der Waals surface area contributed by atoms with Crippen molar-refractivity contribution in [2.75, 3.05) is 83.2 Å². The second-order valence-electron chi connectivity index (χ2n) is 10.5. The number of nitrogens with zero attached hydrogens (tertiary/aromatic N) is 4. The Morgan fingerprint density at radius 1 is 0.745 bits per heavy atom. The lowest BCUT2D eigenvalue weighted by atomic mass is 10.0. The molecule has 0 saturated carbocycles. The molecule has 0 aliphatic carbocycles. The molecule has 0 fully saturated rings. The van der Waals surface area contributed by atoms with Crippen LogP contribution in [0.25, 0.3) is 33.9 Å². The quantitative estimate of drug-likeness (QED) is 0.0975. The molecule has 4 aromatic rings. The molecule has 252 valence electrons. The molecule has 0 amide bonds. The normalized spacial score (nSPS) is 11.0. The molecule has 0 radical (unpaired) electrons. The number of methoxy groups -OCH3 is 2. The number of benzene rings is 3. The van der Waals surface area contributed by atoms with Crippen LogP contribution in [0.15, 0.2) is 60.7 Å². The molecule has 47 heavy (non-hydrogen) atoms. The predicted octanol–water partition coefficient (Wildman–Crippen LogP) is 2.93. The second-order valence-corrected chi connectivity index (χ2v) is 10.9. The number of anilines is 2. The van der Waals surface area contributed by atoms with Gasteiger partial charge < -0.3 is 50.1 Å². The number of aromatic nitrogens is 2. The zero-order valence-corrected chi connectivity index (χ0v) is 27.7. The lowest BCUT2D eigenvalue weighted by molar-refractivity contribution is 0.280. The topological polar surface area (TPSA) is 156 Å². The highest BCUT2D eigenvalue weighted by Gasteiger charge is 2.26. The lowest BCUT2D eigenvalue weighted by Gasteiger charge is -2.23. The van der Waals surface area contributed by atoms with Crippen LogP contribution >= 0.6 is 12.2 Å². The maximum atomic E-state index is 10.6. The SMILES string of the molecule is CCNC(=S)n1c(-c2cc(OC)c(O)c(OC)c2)nc(-c2ccc(N(CCO)CCO)cc2)c1-c1ccc(N(CCO)CCO)cc1. The molecule has 1 aromatic heterocycles. The molecule has 1 heterocycles. The highest BCUT2D eigenvalue weighted by molar-refractivity contribution is 7.80. The van der Waals surface area contributed by atoms with Crippen molar-refractivity contribution in [2.45, 2.75) is 6.92 Å². The summed E-state index contributed by atoms with van der Waals surface area (Å²) < 4.78 is 12.8. The van der Waals surface area contributed by atoms with Crippen LogP contribution in [0.1, 0.15) is 6.92 Å². The average molecular weight is 666 g/mol. The Balaban J connectivity index is 1.99. The van der Waals surface area contributed by atoms with Crippen molar-refractivity contribution in [1.82, 2.24) is 14.9 Å². The van der Waals surface area contributed by atoms with E-state index < -0.39 is 0 Å². The van der Waals surface area contributed by atoms with Gasteiger partial charge in [-0.05, 0) is 55.5 Å². The molecule has 0 unspecified atom stereocenters. The molecule has 0 aliphatic heterocycles. The summed E-state index contributed by atoms with van der Waals surface area (Å²) in [5, 5.41) is 52.5. The zero-order valence-electron chi connectivity index (χ0n) is 26.9. The van der Waals surface area contributed by atoms with Gasteiger partial charge in [0.2, 0.25) is 5.75 Å². The van der Waals surface area contributed by atoms with Crippen LogP contribution in [0, 0.1) is 0 Å². The molecule has 6 N–H and O–H groups in total. The van der Waals surface area contributed by atoms with Crippen molar-refractivity contribution in [3.05, 3.63) is 60.7 Å². The summed E-state index contributed by atoms with van der Waals surface area (Å²) in [5.74, 6) is 0.764. The van der Waals surface area contributed by atoms with Crippen LogP contribution in [0.5, 0.6) is 17.2 Å². The number of rotatable bonds is 16. The van der Waals surface area contributed by atoms with E-state index >= 15 is 0 Å². The van der Waals surface area contributed by atoms with Crippen molar-refractivity contribution in [3.8, 4) is 51.2 Å². The molecule has 0 atom stereocenters. The van der Waals surface area contributed by atoms with E-state index in [2.05, 4.69) is 5.32 Å². The number of hydrogen-bond acceptors (Lipinski definition) is 11. The van der Waals surface area contributed by atoms with Crippen LogP contribution < -0.4 is 24.6 Å². The fourth-order valence-corrected chi connectivity index (χ4v) is 5.74. The summed E-state index contributed by atoms with van der Waals surface area (Å²) >= 11 is 5.94. The number of phenolic OH excluding ortho intramolecular Hbond substituents is 1. The van der Waals surface area contributed by atoms with Gasteiger partial charge in [-0.3, -0.25) is 4.57 Å². The van der Waals surface area contributed by atoms with Crippen molar-refractivity contribution < 1.29 is 35.0 Å². The number of aliphatic hydroxyl groups is 4. The van der Waals surface area contributed by atoms with Gasteiger partial charge in [0.25, 0.3) is 0 Å². The fourth-order valence-electron chi connectivity index (χ4n) is 5.42. The third-order valence-electron chi connectivity index (χ3n) is 7.64. The third kappa shape index (κ3) is 7.95. The van der Waals surface area contributed by atoms with E-state index in [9.17, 15) is 25.5 Å². The molecule has 3 aromatic carbocycles. The lowest BCUT2D eigenvalue weighted by Crippen LogP contribution is -2.29. The van der Waals surface area contributed by atoms with Gasteiger partial charge in [-0.2, -0.15) is 0 Å². The third-order valence-corrected chi connectivity index (χ3v) is 7.96. The van der Waals surface area contributed by atoms with Gasteiger partial charge in [-0.25, -0.2) is 4.98 Å². The number of thiocarbonyl (C=S) groups is 1. The van der Waals surface area contributed by atoms with Crippen LogP contribution in [-0.4, -0.2) is 114 Å². The fraction of sp³-hybridized carbons (Fsp3) is 0.353. The first kappa shape index (κ1) is 35.5. The maximum absolute atomic E-state index is 10.6. The summed E-state index contributed by atoms with van der Waals surface area (Å²) in [4.78, 5) is 8.94. The summed E-state index contributed by atoms with van der Waals surface area (Å²) in [6, 6.07) is 18.8. The van der Waals surface area contributed by atoms with Gasteiger partial charge >= 0.3 is 0 Å². The van der Waals surface area contributed by atoms with Gasteiger partial charge in [0.15, 0.2) is 16.6 Å². The second kappa shape index (κ2) is 17.0. The Labute approximate surface area is 280 Å². The van der Waals surface area contributed by atoms with E-state index in [0.717, 1.165) is 22.5 Å². The van der Waals surface area contributed by atoms with Gasteiger partial charge in [0.05, 0.1) is 52.0 Å². The minimum absolute atomic E-state index is 0.0505. The minimum atomic E-state index is -0.136. The van der Waals surface area contributed by atoms with E-state index in [0.29, 0.717) is 60.6 Å². The largest absolute Gasteiger partial charge is 0.502 e. The minimum Gasteiger partial charge on any atom is -0.502 e. The molecule has 12 nitrogen and oxygen atoms in total. The molecule has 0 bridgehead atoms. The van der Waals surface area contributed by atoms with Gasteiger partial charge in [-0.15, -0.1) is 0 Å². The molecular formula is C34H43N5O7S. The highest BCUT2D eigenvalue weighted by Crippen LogP contribution is 2.43. The first-order chi connectivity index (χ1) is 22.8. The number of ether oxygens (including phenoxy) is 2. The standard InChI is InChI=1S/C34H43N5O7S/c1-4-35-34(47)39-31(24-7-11-27(12-8-24)38(15-19-42)16-20-43)30(23-5-9-26(10-6-23)37(13-17-40)14-18-41)36-33(39)25-21-28(45-2)32(44)29(22-25)46-3/h5-12,21-22,40-44H,4,13-20H2,1-3H3,(H,35,47). The summed E-state index contributed by atoms with van der Waals surface area (Å²) in [6.07, 6.45) is 0. The highest BCUT2D eigenvalue weighted by atomic mass is 32.1. The Morgan fingerprint density at radius 3 is 1.60 bits per heavy atom. The predicted molar refractivity (Wildman–Crippen MR) is 188 cm³/mol. The first-order valence-corrected chi connectivity index (χ1v) is 15.8. The first-order valence-electron chi connectivity index (χ1n) is 15.4. The molecule has 0 aliphatic rings. The number of phenols is 1. The maximum Gasteiger partial charge on any atom is 0.200 e. The summed E-state index contributed by atoms with van der Waals surface area (Å²) in [5.41, 5.74) is 5.19. The van der Waals surface area contributed by atoms with E-state index in [1.807, 2.05) is 69.8 Å². The molecule has 4 rings (SSSR count). The van der Waals surface area contributed by atoms with Gasteiger partial charge in [-0.1, -0.05) is 24.3 Å². The van der Waals surface area contributed by atoms with Crippen LogP contribution in [0.3, 0.4) is 0 Å². The average Bonchev–Trinajstić information content (AvgIpc) is 3.49. The Hall–Kier alpha value is -4.40. The molecule has 0 saturated heterocycles. The number of nitrogens with one attached hydrogen (secondary N) is 1. The van der Waals surface area contributed by atoms with E-state index in [-0.39, 0.29) is 43.7 Å². The van der Waals surface area contributed by atoms with E-state index in [1.165, 1.54) is 14.2 Å². The van der Waals surface area contributed by atoms with Crippen molar-refractivity contribution in [3.63, 3.8) is 0 Å². The Morgan fingerprint density at radius 2 is 1.19 bits per heavy atom. The molecular weight excluding hydrogens is 622 g/mol. The van der Waals surface area contributed by atoms with Crippen LogP contribution in [0.4, 0.5) is 11.4 Å². The summed E-state index contributed by atoms with van der Waals surface area (Å²) in [6.45, 7) is 3.80. The molecule has 0 spiro atoms. The van der Waals surface area contributed by atoms with Crippen LogP contribution in [-0.2, 0) is 0 Å². The van der Waals surface area contributed by atoms with E-state index in [4.69, 9.17) is 26.7 Å². The smallest absolute Gasteiger partial charge is 0.200 e. The van der Waals surface area contributed by atoms with Crippen molar-refractivity contribution in [1.29, 1.82) is 0 Å². The van der Waals surface area contributed by atoms with Gasteiger partial charge in [0, 0.05) is 60.8 Å². The monoisotopic (exact) mass is 665 g/mol. The Kier molecular flexibility index (Phi) is 12.8. The Bertz CT molecular complexity index is 1580. The number of aromatic hydroxyl groups is 1. The zero-order chi connectivity index (χ0) is 33.9. The van der Waals surface area contributed by atoms with E-state index in [1.54, 1.807) is 12.1 Å². The van der Waals surface area contributed by atoms with Gasteiger partial charge in [0.1, 0.15) is 5.82 Å².